The first-order valence-corrected chi connectivity index (χ1v) is 6.91. The molecule has 0 aliphatic heterocycles. The van der Waals surface area contributed by atoms with E-state index in [-0.39, 0.29) is 5.97 Å². The maximum absolute atomic E-state index is 11.3. The Morgan fingerprint density at radius 3 is 2.60 bits per heavy atom. The number of hydrogen-bond acceptors (Lipinski definition) is 3. The first-order valence-electron chi connectivity index (χ1n) is 6.12. The summed E-state index contributed by atoms with van der Waals surface area (Å²) in [4.78, 5) is 15.4. The third-order valence-corrected chi connectivity index (χ3v) is 3.34. The number of carbonyl (C=O) groups is 1. The van der Waals surface area contributed by atoms with Gasteiger partial charge in [0.15, 0.2) is 0 Å². The molecule has 0 fully saturated rings. The van der Waals surface area contributed by atoms with Gasteiger partial charge in [-0.05, 0) is 51.2 Å². The Balaban J connectivity index is 2.09. The summed E-state index contributed by atoms with van der Waals surface area (Å²) in [5, 5.41) is 0. The van der Waals surface area contributed by atoms with Gasteiger partial charge in [0.2, 0.25) is 0 Å². The van der Waals surface area contributed by atoms with E-state index in [0.717, 1.165) is 12.0 Å². The van der Waals surface area contributed by atoms with Crippen LogP contribution in [0.1, 0.15) is 16.7 Å². The predicted octanol–water partition coefficient (Wildman–Crippen LogP) is 3.58. The first kappa shape index (κ1) is 14.5. The summed E-state index contributed by atoms with van der Waals surface area (Å²) in [6.45, 7) is 0. The van der Waals surface area contributed by atoms with Gasteiger partial charge in [0.1, 0.15) is 4.48 Å². The van der Waals surface area contributed by atoms with Crippen molar-refractivity contribution >= 4 is 28.0 Å². The second-order valence-corrected chi connectivity index (χ2v) is 5.12. The average Bonchev–Trinajstić information content (AvgIpc) is 2.49. The highest BCUT2D eigenvalue weighted by Crippen LogP contribution is 2.15. The van der Waals surface area contributed by atoms with Crippen LogP contribution in [0, 0.1) is 0 Å². The van der Waals surface area contributed by atoms with E-state index in [9.17, 15) is 4.79 Å². The van der Waals surface area contributed by atoms with Gasteiger partial charge < -0.3 is 4.74 Å². The lowest BCUT2D eigenvalue weighted by atomic mass is 10.0. The Labute approximate surface area is 126 Å². The fraction of sp³-hybridized carbons (Fsp3) is 0.125. The second kappa shape index (κ2) is 7.01. The molecular weight excluding hydrogens is 318 g/mol. The molecule has 0 saturated carbocycles. The van der Waals surface area contributed by atoms with Crippen LogP contribution in [-0.4, -0.2) is 18.1 Å². The van der Waals surface area contributed by atoms with Crippen LogP contribution in [0.5, 0.6) is 0 Å². The minimum Gasteiger partial charge on any atom is -0.465 e. The topological polar surface area (TPSA) is 39.2 Å². The standard InChI is InChI=1S/C16H14BrNO2/c1-20-16(19)15(17)10-13-6-4-12(5-7-13)9-14-3-2-8-18-11-14/h2-8,10-11H,9H2,1H3/b15-10-. The molecule has 0 N–H and O–H groups in total. The molecule has 2 aromatic rings. The molecule has 0 saturated heterocycles. The molecule has 102 valence electrons. The fourth-order valence-corrected chi connectivity index (χ4v) is 2.20. The van der Waals surface area contributed by atoms with Crippen LogP contribution >= 0.6 is 15.9 Å². The summed E-state index contributed by atoms with van der Waals surface area (Å²) < 4.78 is 5.03. The SMILES string of the molecule is COC(=O)/C(Br)=C/c1ccc(Cc2cccnc2)cc1. The molecule has 2 rings (SSSR count). The lowest BCUT2D eigenvalue weighted by molar-refractivity contribution is -0.135. The third kappa shape index (κ3) is 4.03. The summed E-state index contributed by atoms with van der Waals surface area (Å²) in [7, 11) is 1.36. The van der Waals surface area contributed by atoms with Crippen molar-refractivity contribution in [1.82, 2.24) is 4.98 Å². The van der Waals surface area contributed by atoms with E-state index < -0.39 is 0 Å². The molecule has 0 aliphatic carbocycles. The Morgan fingerprint density at radius 1 is 1.25 bits per heavy atom. The van der Waals surface area contributed by atoms with Gasteiger partial charge in [-0.25, -0.2) is 4.79 Å². The van der Waals surface area contributed by atoms with E-state index in [0.29, 0.717) is 4.48 Å². The van der Waals surface area contributed by atoms with Gasteiger partial charge >= 0.3 is 5.97 Å². The normalized spacial score (nSPS) is 11.2. The molecular formula is C16H14BrNO2. The lowest BCUT2D eigenvalue weighted by Gasteiger charge is -2.02. The van der Waals surface area contributed by atoms with E-state index in [1.807, 2.05) is 36.5 Å². The summed E-state index contributed by atoms with van der Waals surface area (Å²) in [5.41, 5.74) is 3.31. The molecule has 0 amide bonds. The largest absolute Gasteiger partial charge is 0.465 e. The molecule has 1 aromatic heterocycles. The monoisotopic (exact) mass is 331 g/mol. The second-order valence-electron chi connectivity index (χ2n) is 4.26. The molecule has 4 heteroatoms. The summed E-state index contributed by atoms with van der Waals surface area (Å²) >= 11 is 3.19. The van der Waals surface area contributed by atoms with Gasteiger partial charge in [-0.2, -0.15) is 0 Å². The van der Waals surface area contributed by atoms with Crippen LogP contribution in [0.2, 0.25) is 0 Å². The predicted molar refractivity (Wildman–Crippen MR) is 82.4 cm³/mol. The number of halogens is 1. The molecule has 0 spiro atoms. The van der Waals surface area contributed by atoms with Crippen LogP contribution in [0.3, 0.4) is 0 Å². The number of nitrogens with zero attached hydrogens (tertiary/aromatic N) is 1. The fourth-order valence-electron chi connectivity index (χ4n) is 1.77. The van der Waals surface area contributed by atoms with Crippen LogP contribution in [-0.2, 0) is 16.0 Å². The van der Waals surface area contributed by atoms with Crippen molar-refractivity contribution in [2.75, 3.05) is 7.11 Å². The summed E-state index contributed by atoms with van der Waals surface area (Å²) in [5.74, 6) is -0.385. The van der Waals surface area contributed by atoms with Crippen molar-refractivity contribution < 1.29 is 9.53 Å². The van der Waals surface area contributed by atoms with Gasteiger partial charge in [0.25, 0.3) is 0 Å². The number of carbonyl (C=O) groups excluding carboxylic acids is 1. The van der Waals surface area contributed by atoms with Gasteiger partial charge in [-0.3, -0.25) is 4.98 Å². The quantitative estimate of drug-likeness (QED) is 0.635. The number of benzene rings is 1. The molecule has 3 nitrogen and oxygen atoms in total. The number of esters is 1. The highest BCUT2D eigenvalue weighted by atomic mass is 79.9. The smallest absolute Gasteiger partial charge is 0.344 e. The van der Waals surface area contributed by atoms with Crippen LogP contribution in [0.4, 0.5) is 0 Å². The van der Waals surface area contributed by atoms with Crippen LogP contribution in [0.15, 0.2) is 53.3 Å². The zero-order valence-corrected chi connectivity index (χ0v) is 12.6. The molecule has 0 aliphatic rings. The van der Waals surface area contributed by atoms with Crippen molar-refractivity contribution in [3.63, 3.8) is 0 Å². The van der Waals surface area contributed by atoms with Gasteiger partial charge in [-0.15, -0.1) is 0 Å². The Bertz CT molecular complexity index is 606. The zero-order chi connectivity index (χ0) is 14.4. The molecule has 0 unspecified atom stereocenters. The number of aromatic nitrogens is 1. The Hall–Kier alpha value is -1.94. The maximum Gasteiger partial charge on any atom is 0.344 e. The number of pyridine rings is 1. The Kier molecular flexibility index (Phi) is 5.07. The van der Waals surface area contributed by atoms with Crippen LogP contribution < -0.4 is 0 Å². The van der Waals surface area contributed by atoms with Crippen LogP contribution in [0.25, 0.3) is 6.08 Å². The van der Waals surface area contributed by atoms with E-state index in [2.05, 4.69) is 31.7 Å². The van der Waals surface area contributed by atoms with Crippen molar-refractivity contribution in [2.45, 2.75) is 6.42 Å². The lowest BCUT2D eigenvalue weighted by Crippen LogP contribution is -1.98. The van der Waals surface area contributed by atoms with E-state index in [1.165, 1.54) is 18.2 Å². The Morgan fingerprint density at radius 2 is 2.00 bits per heavy atom. The van der Waals surface area contributed by atoms with Crippen molar-refractivity contribution in [3.05, 3.63) is 70.0 Å². The number of ether oxygens (including phenoxy) is 1. The highest BCUT2D eigenvalue weighted by Gasteiger charge is 2.05. The van der Waals surface area contributed by atoms with E-state index >= 15 is 0 Å². The van der Waals surface area contributed by atoms with Gasteiger partial charge in [-0.1, -0.05) is 30.3 Å². The number of rotatable bonds is 4. The molecule has 0 bridgehead atoms. The van der Waals surface area contributed by atoms with E-state index in [1.54, 1.807) is 12.3 Å². The van der Waals surface area contributed by atoms with Gasteiger partial charge in [0.05, 0.1) is 7.11 Å². The number of methoxy groups -OCH3 is 1. The molecule has 20 heavy (non-hydrogen) atoms. The van der Waals surface area contributed by atoms with E-state index in [4.69, 9.17) is 0 Å². The third-order valence-electron chi connectivity index (χ3n) is 2.78. The molecule has 0 radical (unpaired) electrons. The summed E-state index contributed by atoms with van der Waals surface area (Å²) in [6, 6.07) is 12.0. The van der Waals surface area contributed by atoms with Crippen molar-refractivity contribution in [2.24, 2.45) is 0 Å². The van der Waals surface area contributed by atoms with Gasteiger partial charge in [0, 0.05) is 12.4 Å². The summed E-state index contributed by atoms with van der Waals surface area (Å²) in [6.07, 6.45) is 6.21. The minimum atomic E-state index is -0.385. The molecule has 1 heterocycles. The van der Waals surface area contributed by atoms with Crippen molar-refractivity contribution in [1.29, 1.82) is 0 Å². The first-order chi connectivity index (χ1) is 9.69. The van der Waals surface area contributed by atoms with Crippen molar-refractivity contribution in [3.8, 4) is 0 Å². The maximum atomic E-state index is 11.3. The number of hydrogen-bond donors (Lipinski definition) is 0. The highest BCUT2D eigenvalue weighted by molar-refractivity contribution is 9.12. The zero-order valence-electron chi connectivity index (χ0n) is 11.0. The molecule has 1 aromatic carbocycles. The average molecular weight is 332 g/mol. The molecule has 0 atom stereocenters. The minimum absolute atomic E-state index is 0.385.